The van der Waals surface area contributed by atoms with Gasteiger partial charge in [0.1, 0.15) is 6.17 Å². The maximum atomic E-state index is 3.59. The molecular formula is C24H20N2. The highest BCUT2D eigenvalue weighted by Gasteiger charge is 2.17. The highest BCUT2D eigenvalue weighted by molar-refractivity contribution is 6.09. The predicted octanol–water partition coefficient (Wildman–Crippen LogP) is 6.02. The van der Waals surface area contributed by atoms with Gasteiger partial charge in [0.05, 0.1) is 11.0 Å². The molecule has 0 radical (unpaired) electrons. The largest absolute Gasteiger partial charge is 0.365 e. The maximum absolute atomic E-state index is 3.59. The third-order valence-electron chi connectivity index (χ3n) is 5.11. The second-order valence-corrected chi connectivity index (χ2v) is 6.81. The molecule has 0 bridgehead atoms. The molecule has 0 saturated carbocycles. The molecule has 0 saturated heterocycles. The molecule has 0 fully saturated rings. The van der Waals surface area contributed by atoms with Crippen molar-refractivity contribution in [1.82, 2.24) is 9.88 Å². The van der Waals surface area contributed by atoms with Crippen molar-refractivity contribution in [3.05, 3.63) is 96.7 Å². The molecule has 0 amide bonds. The molecule has 2 heteroatoms. The van der Waals surface area contributed by atoms with Gasteiger partial charge in [-0.05, 0) is 48.4 Å². The van der Waals surface area contributed by atoms with Crippen LogP contribution in [0.15, 0.2) is 96.7 Å². The average molecular weight is 336 g/mol. The topological polar surface area (TPSA) is 17.0 Å². The molecule has 2 heterocycles. The molecule has 1 aliphatic rings. The van der Waals surface area contributed by atoms with E-state index < -0.39 is 0 Å². The molecule has 1 aromatic heterocycles. The number of rotatable bonds is 2. The van der Waals surface area contributed by atoms with Gasteiger partial charge in [-0.25, -0.2) is 0 Å². The number of para-hydroxylation sites is 1. The number of nitrogens with one attached hydrogen (secondary N) is 1. The molecule has 1 N–H and O–H groups in total. The minimum absolute atomic E-state index is 0.130. The minimum atomic E-state index is 0.130. The zero-order valence-corrected chi connectivity index (χ0v) is 14.7. The first-order valence-electron chi connectivity index (χ1n) is 9.01. The summed E-state index contributed by atoms with van der Waals surface area (Å²) in [4.78, 5) is 0. The van der Waals surface area contributed by atoms with Crippen molar-refractivity contribution in [3.63, 3.8) is 0 Å². The van der Waals surface area contributed by atoms with Gasteiger partial charge < -0.3 is 9.88 Å². The van der Waals surface area contributed by atoms with E-state index in [4.69, 9.17) is 0 Å². The summed E-state index contributed by atoms with van der Waals surface area (Å²) in [7, 11) is 0. The molecule has 3 aromatic carbocycles. The molecule has 126 valence electrons. The van der Waals surface area contributed by atoms with Gasteiger partial charge in [-0.1, -0.05) is 60.7 Å². The van der Waals surface area contributed by atoms with Gasteiger partial charge in [0.25, 0.3) is 0 Å². The fourth-order valence-corrected chi connectivity index (χ4v) is 3.90. The summed E-state index contributed by atoms with van der Waals surface area (Å²) >= 11 is 0. The Balaban J connectivity index is 1.77. The van der Waals surface area contributed by atoms with Crippen LogP contribution in [0.3, 0.4) is 0 Å². The van der Waals surface area contributed by atoms with Crippen molar-refractivity contribution >= 4 is 21.8 Å². The number of aromatic nitrogens is 1. The van der Waals surface area contributed by atoms with E-state index in [1.54, 1.807) is 0 Å². The lowest BCUT2D eigenvalue weighted by Crippen LogP contribution is -2.25. The third kappa shape index (κ3) is 2.34. The van der Waals surface area contributed by atoms with Gasteiger partial charge in [-0.2, -0.15) is 0 Å². The lowest BCUT2D eigenvalue weighted by atomic mass is 10.0. The quantitative estimate of drug-likeness (QED) is 0.473. The van der Waals surface area contributed by atoms with E-state index in [1.165, 1.54) is 38.6 Å². The normalized spacial score (nSPS) is 16.7. The molecule has 26 heavy (non-hydrogen) atoms. The van der Waals surface area contributed by atoms with Crippen LogP contribution in [0.1, 0.15) is 13.1 Å². The summed E-state index contributed by atoms with van der Waals surface area (Å²) in [5.41, 5.74) is 6.20. The number of allylic oxidation sites excluding steroid dienone is 3. The third-order valence-corrected chi connectivity index (χ3v) is 5.11. The second kappa shape index (κ2) is 5.92. The van der Waals surface area contributed by atoms with E-state index in [1.807, 2.05) is 0 Å². The van der Waals surface area contributed by atoms with Crippen LogP contribution in [0, 0.1) is 0 Å². The smallest absolute Gasteiger partial charge is 0.123 e. The zero-order chi connectivity index (χ0) is 17.5. The molecule has 2 nitrogen and oxygen atoms in total. The molecule has 1 aliphatic heterocycles. The van der Waals surface area contributed by atoms with Crippen molar-refractivity contribution in [1.29, 1.82) is 0 Å². The van der Waals surface area contributed by atoms with Crippen LogP contribution in [0.4, 0.5) is 0 Å². The first kappa shape index (κ1) is 15.0. The minimum Gasteiger partial charge on any atom is -0.365 e. The number of dihydropyridines is 1. The first-order valence-corrected chi connectivity index (χ1v) is 9.01. The van der Waals surface area contributed by atoms with Crippen LogP contribution < -0.4 is 5.32 Å². The van der Waals surface area contributed by atoms with Crippen LogP contribution >= 0.6 is 0 Å². The van der Waals surface area contributed by atoms with Crippen LogP contribution in [-0.4, -0.2) is 4.57 Å². The van der Waals surface area contributed by atoms with E-state index in [9.17, 15) is 0 Å². The summed E-state index contributed by atoms with van der Waals surface area (Å²) in [6.07, 6.45) is 6.59. The zero-order valence-electron chi connectivity index (χ0n) is 14.7. The summed E-state index contributed by atoms with van der Waals surface area (Å²) in [5, 5.41) is 6.18. The highest BCUT2D eigenvalue weighted by Crippen LogP contribution is 2.35. The molecular weight excluding hydrogens is 316 g/mol. The number of hydrogen-bond donors (Lipinski definition) is 1. The molecule has 1 unspecified atom stereocenters. The number of nitrogens with zero attached hydrogens (tertiary/aromatic N) is 1. The Morgan fingerprint density at radius 2 is 1.54 bits per heavy atom. The molecule has 4 aromatic rings. The standard InChI is InChI=1S/C24H20N2/c1-17-8-7-13-24(25-17)26-22-12-6-5-11-20(22)21-16-19(14-15-23(21)26)18-9-3-2-4-10-18/h2-16,24-25H,1H3. The van der Waals surface area contributed by atoms with Crippen LogP contribution in [0.5, 0.6) is 0 Å². The molecule has 0 spiro atoms. The Morgan fingerprint density at radius 1 is 0.769 bits per heavy atom. The Labute approximate surface area is 153 Å². The number of benzene rings is 3. The van der Waals surface area contributed by atoms with E-state index in [0.29, 0.717) is 0 Å². The van der Waals surface area contributed by atoms with Gasteiger partial charge in [-0.3, -0.25) is 0 Å². The Morgan fingerprint density at radius 3 is 2.38 bits per heavy atom. The van der Waals surface area contributed by atoms with E-state index in [2.05, 4.69) is 108 Å². The van der Waals surface area contributed by atoms with Gasteiger partial charge >= 0.3 is 0 Å². The van der Waals surface area contributed by atoms with Crippen molar-refractivity contribution in [2.24, 2.45) is 0 Å². The molecule has 0 aliphatic carbocycles. The first-order chi connectivity index (χ1) is 12.8. The lowest BCUT2D eigenvalue weighted by molar-refractivity contribution is 0.555. The van der Waals surface area contributed by atoms with Crippen molar-refractivity contribution in [2.75, 3.05) is 0 Å². The van der Waals surface area contributed by atoms with E-state index in [-0.39, 0.29) is 6.17 Å². The van der Waals surface area contributed by atoms with E-state index >= 15 is 0 Å². The molecule has 5 rings (SSSR count). The average Bonchev–Trinajstić information content (AvgIpc) is 3.02. The summed E-state index contributed by atoms with van der Waals surface area (Å²) in [6.45, 7) is 2.11. The van der Waals surface area contributed by atoms with Crippen LogP contribution in [-0.2, 0) is 0 Å². The number of fused-ring (bicyclic) bond motifs is 3. The van der Waals surface area contributed by atoms with Gasteiger partial charge in [0.2, 0.25) is 0 Å². The van der Waals surface area contributed by atoms with Gasteiger partial charge in [0.15, 0.2) is 0 Å². The fraction of sp³-hybridized carbons (Fsp3) is 0.0833. The van der Waals surface area contributed by atoms with Gasteiger partial charge in [0, 0.05) is 16.5 Å². The van der Waals surface area contributed by atoms with E-state index in [0.717, 1.165) is 0 Å². The summed E-state index contributed by atoms with van der Waals surface area (Å²) in [5.74, 6) is 0. The SMILES string of the molecule is CC1=CC=CC(n2c3ccccc3c3cc(-c4ccccc4)ccc32)N1. The van der Waals surface area contributed by atoms with Crippen LogP contribution in [0.25, 0.3) is 32.9 Å². The summed E-state index contributed by atoms with van der Waals surface area (Å²) in [6, 6.07) is 26.0. The Hall–Kier alpha value is -3.26. The van der Waals surface area contributed by atoms with Crippen molar-refractivity contribution in [3.8, 4) is 11.1 Å². The maximum Gasteiger partial charge on any atom is 0.123 e. The summed E-state index contributed by atoms with van der Waals surface area (Å²) < 4.78 is 2.40. The fourth-order valence-electron chi connectivity index (χ4n) is 3.90. The molecule has 1 atom stereocenters. The Kier molecular flexibility index (Phi) is 3.42. The lowest BCUT2D eigenvalue weighted by Gasteiger charge is -2.23. The van der Waals surface area contributed by atoms with Crippen molar-refractivity contribution < 1.29 is 0 Å². The van der Waals surface area contributed by atoms with Crippen LogP contribution in [0.2, 0.25) is 0 Å². The van der Waals surface area contributed by atoms with Gasteiger partial charge in [-0.15, -0.1) is 0 Å². The second-order valence-electron chi connectivity index (χ2n) is 6.81. The monoisotopic (exact) mass is 336 g/mol. The highest BCUT2D eigenvalue weighted by atomic mass is 15.2. The number of hydrogen-bond acceptors (Lipinski definition) is 1. The van der Waals surface area contributed by atoms with Crippen molar-refractivity contribution in [2.45, 2.75) is 13.1 Å². The Bertz CT molecular complexity index is 1160. The predicted molar refractivity (Wildman–Crippen MR) is 110 cm³/mol.